The van der Waals surface area contributed by atoms with Crippen LogP contribution in [0.5, 0.6) is 0 Å². The number of amides is 1. The van der Waals surface area contributed by atoms with Crippen LogP contribution in [-0.2, 0) is 25.6 Å². The highest BCUT2D eigenvalue weighted by atomic mass is 16.6. The molecule has 0 spiro atoms. The molecule has 1 amide bonds. The van der Waals surface area contributed by atoms with Gasteiger partial charge in [0.05, 0.1) is 6.61 Å². The van der Waals surface area contributed by atoms with Crippen molar-refractivity contribution in [1.29, 1.82) is 0 Å². The molecule has 1 rings (SSSR count). The molecule has 0 fully saturated rings. The van der Waals surface area contributed by atoms with Crippen molar-refractivity contribution in [1.82, 2.24) is 5.32 Å². The Morgan fingerprint density at radius 1 is 1.12 bits per heavy atom. The first kappa shape index (κ1) is 19.9. The molecule has 1 aromatic rings. The minimum atomic E-state index is -0.646. The van der Waals surface area contributed by atoms with Crippen LogP contribution in [0.15, 0.2) is 30.3 Å². The van der Waals surface area contributed by atoms with Gasteiger partial charge in [-0.05, 0) is 24.8 Å². The molecule has 3 N–H and O–H groups in total. The van der Waals surface area contributed by atoms with Crippen molar-refractivity contribution in [2.75, 3.05) is 26.9 Å². The van der Waals surface area contributed by atoms with E-state index in [0.29, 0.717) is 32.4 Å². The molecule has 1 atom stereocenters. The Morgan fingerprint density at radius 2 is 1.88 bits per heavy atom. The molecule has 7 nitrogen and oxygen atoms in total. The predicted octanol–water partition coefficient (Wildman–Crippen LogP) is 1.60. The van der Waals surface area contributed by atoms with E-state index in [4.69, 9.17) is 19.9 Å². The molecule has 0 radical (unpaired) electrons. The van der Waals surface area contributed by atoms with Gasteiger partial charge in [0.1, 0.15) is 19.3 Å². The van der Waals surface area contributed by atoms with E-state index < -0.39 is 18.1 Å². The zero-order chi connectivity index (χ0) is 17.6. The van der Waals surface area contributed by atoms with Crippen molar-refractivity contribution in [2.24, 2.45) is 5.73 Å². The molecule has 0 aromatic heterocycles. The Kier molecular flexibility index (Phi) is 10.2. The number of unbranched alkanes of at least 4 members (excludes halogenated alkanes) is 1. The SMILES string of the molecule is COCCOC(=O)[C@@H](N)CCCCNC(=O)OCc1ccccc1. The molecule has 0 saturated heterocycles. The van der Waals surface area contributed by atoms with Gasteiger partial charge in [0, 0.05) is 13.7 Å². The number of carbonyl (C=O) groups is 2. The number of rotatable bonds is 11. The predicted molar refractivity (Wildman–Crippen MR) is 89.3 cm³/mol. The lowest BCUT2D eigenvalue weighted by Crippen LogP contribution is -2.33. The van der Waals surface area contributed by atoms with Crippen molar-refractivity contribution in [3.63, 3.8) is 0 Å². The minimum Gasteiger partial charge on any atom is -0.462 e. The van der Waals surface area contributed by atoms with E-state index in [1.54, 1.807) is 0 Å². The monoisotopic (exact) mass is 338 g/mol. The minimum absolute atomic E-state index is 0.206. The summed E-state index contributed by atoms with van der Waals surface area (Å²) in [5.74, 6) is -0.428. The largest absolute Gasteiger partial charge is 0.462 e. The second-order valence-electron chi connectivity index (χ2n) is 5.25. The van der Waals surface area contributed by atoms with Gasteiger partial charge in [0.2, 0.25) is 0 Å². The van der Waals surface area contributed by atoms with E-state index in [-0.39, 0.29) is 13.2 Å². The van der Waals surface area contributed by atoms with E-state index in [0.717, 1.165) is 5.56 Å². The van der Waals surface area contributed by atoms with Crippen molar-refractivity contribution in [2.45, 2.75) is 31.9 Å². The molecule has 0 heterocycles. The third-order valence-corrected chi connectivity index (χ3v) is 3.26. The fourth-order valence-electron chi connectivity index (χ4n) is 1.90. The van der Waals surface area contributed by atoms with E-state index in [1.165, 1.54) is 7.11 Å². The maximum Gasteiger partial charge on any atom is 0.407 e. The van der Waals surface area contributed by atoms with Crippen molar-refractivity contribution in [3.8, 4) is 0 Å². The molecule has 0 unspecified atom stereocenters. The van der Waals surface area contributed by atoms with Gasteiger partial charge in [-0.3, -0.25) is 4.79 Å². The molecule has 1 aromatic carbocycles. The highest BCUT2D eigenvalue weighted by Gasteiger charge is 2.14. The summed E-state index contributed by atoms with van der Waals surface area (Å²) >= 11 is 0. The van der Waals surface area contributed by atoms with Crippen LogP contribution in [0, 0.1) is 0 Å². The highest BCUT2D eigenvalue weighted by molar-refractivity contribution is 5.75. The molecular formula is C17H26N2O5. The molecular weight excluding hydrogens is 312 g/mol. The number of hydrogen-bond acceptors (Lipinski definition) is 6. The lowest BCUT2D eigenvalue weighted by atomic mass is 10.1. The van der Waals surface area contributed by atoms with E-state index in [2.05, 4.69) is 5.32 Å². The standard InChI is InChI=1S/C17H26N2O5/c1-22-11-12-23-16(20)15(18)9-5-6-10-19-17(21)24-13-14-7-3-2-4-8-14/h2-4,7-8,15H,5-6,9-13,18H2,1H3,(H,19,21)/t15-/m0/s1. The van der Waals surface area contributed by atoms with Crippen LogP contribution in [0.2, 0.25) is 0 Å². The molecule has 0 bridgehead atoms. The molecule has 134 valence electrons. The first-order valence-corrected chi connectivity index (χ1v) is 7.99. The summed E-state index contributed by atoms with van der Waals surface area (Å²) in [6.07, 6.45) is 1.47. The fraction of sp³-hybridized carbons (Fsp3) is 0.529. The third kappa shape index (κ3) is 9.12. The Morgan fingerprint density at radius 3 is 2.58 bits per heavy atom. The van der Waals surface area contributed by atoms with Gasteiger partial charge in [-0.25, -0.2) is 4.79 Å². The number of ether oxygens (including phenoxy) is 3. The van der Waals surface area contributed by atoms with Gasteiger partial charge >= 0.3 is 12.1 Å². The zero-order valence-electron chi connectivity index (χ0n) is 14.0. The van der Waals surface area contributed by atoms with Gasteiger partial charge in [-0.1, -0.05) is 30.3 Å². The summed E-state index contributed by atoms with van der Waals surface area (Å²) in [7, 11) is 1.53. The maximum atomic E-state index is 11.5. The first-order valence-electron chi connectivity index (χ1n) is 7.99. The summed E-state index contributed by atoms with van der Waals surface area (Å²) in [5.41, 5.74) is 6.66. The second-order valence-corrected chi connectivity index (χ2v) is 5.25. The number of esters is 1. The summed E-state index contributed by atoms with van der Waals surface area (Å²) in [5, 5.41) is 2.66. The molecule has 24 heavy (non-hydrogen) atoms. The van der Waals surface area contributed by atoms with Crippen LogP contribution in [0.4, 0.5) is 4.79 Å². The summed E-state index contributed by atoms with van der Waals surface area (Å²) < 4.78 is 14.8. The highest BCUT2D eigenvalue weighted by Crippen LogP contribution is 2.02. The second kappa shape index (κ2) is 12.3. The van der Waals surface area contributed by atoms with Crippen LogP contribution in [0.25, 0.3) is 0 Å². The Balaban J connectivity index is 2.02. The van der Waals surface area contributed by atoms with Gasteiger partial charge in [0.25, 0.3) is 0 Å². The first-order chi connectivity index (χ1) is 11.6. The van der Waals surface area contributed by atoms with Crippen LogP contribution in [-0.4, -0.2) is 45.0 Å². The maximum absolute atomic E-state index is 11.5. The summed E-state index contributed by atoms with van der Waals surface area (Å²) in [6, 6.07) is 8.81. The van der Waals surface area contributed by atoms with Gasteiger partial charge < -0.3 is 25.3 Å². The zero-order valence-corrected chi connectivity index (χ0v) is 14.0. The average molecular weight is 338 g/mol. The Bertz CT molecular complexity index is 481. The number of benzene rings is 1. The lowest BCUT2D eigenvalue weighted by molar-refractivity contribution is -0.146. The number of methoxy groups -OCH3 is 1. The number of nitrogens with one attached hydrogen (secondary N) is 1. The Labute approximate surface area is 142 Å². The van der Waals surface area contributed by atoms with E-state index >= 15 is 0 Å². The number of alkyl carbamates (subject to hydrolysis) is 1. The van der Waals surface area contributed by atoms with Crippen LogP contribution >= 0.6 is 0 Å². The van der Waals surface area contributed by atoms with E-state index in [1.807, 2.05) is 30.3 Å². The van der Waals surface area contributed by atoms with Crippen molar-refractivity contribution >= 4 is 12.1 Å². The molecule has 0 aliphatic heterocycles. The van der Waals surface area contributed by atoms with Gasteiger partial charge in [-0.2, -0.15) is 0 Å². The van der Waals surface area contributed by atoms with Gasteiger partial charge in [-0.15, -0.1) is 0 Å². The smallest absolute Gasteiger partial charge is 0.407 e. The lowest BCUT2D eigenvalue weighted by Gasteiger charge is -2.11. The van der Waals surface area contributed by atoms with Crippen LogP contribution in [0.1, 0.15) is 24.8 Å². The normalized spacial score (nSPS) is 11.6. The van der Waals surface area contributed by atoms with Crippen molar-refractivity contribution < 1.29 is 23.8 Å². The number of nitrogens with two attached hydrogens (primary N) is 1. The fourth-order valence-corrected chi connectivity index (χ4v) is 1.90. The quantitative estimate of drug-likeness (QED) is 0.469. The van der Waals surface area contributed by atoms with Crippen molar-refractivity contribution in [3.05, 3.63) is 35.9 Å². The molecule has 0 saturated carbocycles. The van der Waals surface area contributed by atoms with Crippen LogP contribution in [0.3, 0.4) is 0 Å². The van der Waals surface area contributed by atoms with Gasteiger partial charge in [0.15, 0.2) is 0 Å². The Hall–Kier alpha value is -2.12. The van der Waals surface area contributed by atoms with E-state index in [9.17, 15) is 9.59 Å². The average Bonchev–Trinajstić information content (AvgIpc) is 2.60. The molecule has 0 aliphatic rings. The topological polar surface area (TPSA) is 99.9 Å². The number of hydrogen-bond donors (Lipinski definition) is 2. The third-order valence-electron chi connectivity index (χ3n) is 3.26. The molecule has 0 aliphatic carbocycles. The summed E-state index contributed by atoms with van der Waals surface area (Å²) in [4.78, 5) is 23.0. The summed E-state index contributed by atoms with van der Waals surface area (Å²) in [6.45, 7) is 1.27. The van der Waals surface area contributed by atoms with Crippen LogP contribution < -0.4 is 11.1 Å². The number of carbonyl (C=O) groups excluding carboxylic acids is 2. The molecule has 7 heteroatoms.